The minimum absolute atomic E-state index is 0. The SMILES string of the molecule is Cl.O=C(C1CC12CCNCC2)N(Cc1ccccc1)CC(F)F. The molecular formula is C17H23ClF2N2O. The van der Waals surface area contributed by atoms with Crippen molar-refractivity contribution < 1.29 is 13.6 Å². The van der Waals surface area contributed by atoms with Crippen molar-refractivity contribution in [3.63, 3.8) is 0 Å². The van der Waals surface area contributed by atoms with E-state index in [4.69, 9.17) is 0 Å². The summed E-state index contributed by atoms with van der Waals surface area (Å²) < 4.78 is 25.7. The Hall–Kier alpha value is -1.20. The standard InChI is InChI=1S/C17H22F2N2O.ClH/c18-15(19)12-21(11-13-4-2-1-3-5-13)16(22)14-10-17(14)6-8-20-9-7-17;/h1-5,14-15,20H,6-12H2;1H. The molecule has 1 amide bonds. The van der Waals surface area contributed by atoms with Gasteiger partial charge in [-0.1, -0.05) is 30.3 Å². The fraction of sp³-hybridized carbons (Fsp3) is 0.588. The molecule has 1 saturated heterocycles. The lowest BCUT2D eigenvalue weighted by atomic mass is 9.91. The maximum absolute atomic E-state index is 12.9. The Labute approximate surface area is 141 Å². The molecule has 6 heteroatoms. The van der Waals surface area contributed by atoms with Crippen molar-refractivity contribution in [2.24, 2.45) is 11.3 Å². The fourth-order valence-electron chi connectivity index (χ4n) is 3.60. The third-order valence-electron chi connectivity index (χ3n) is 4.97. The van der Waals surface area contributed by atoms with E-state index in [-0.39, 0.29) is 36.2 Å². The van der Waals surface area contributed by atoms with Crippen LogP contribution in [0.2, 0.25) is 0 Å². The van der Waals surface area contributed by atoms with Crippen LogP contribution in [0.1, 0.15) is 24.8 Å². The first-order valence-electron chi connectivity index (χ1n) is 7.92. The molecule has 1 aliphatic carbocycles. The van der Waals surface area contributed by atoms with E-state index in [2.05, 4.69) is 5.32 Å². The highest BCUT2D eigenvalue weighted by molar-refractivity contribution is 5.85. The van der Waals surface area contributed by atoms with E-state index in [9.17, 15) is 13.6 Å². The number of rotatable bonds is 5. The summed E-state index contributed by atoms with van der Waals surface area (Å²) in [5.74, 6) is -0.150. The lowest BCUT2D eigenvalue weighted by Gasteiger charge is -2.27. The number of alkyl halides is 2. The molecule has 0 aromatic heterocycles. The fourth-order valence-corrected chi connectivity index (χ4v) is 3.60. The minimum Gasteiger partial charge on any atom is -0.332 e. The van der Waals surface area contributed by atoms with E-state index in [1.54, 1.807) is 0 Å². The van der Waals surface area contributed by atoms with Crippen molar-refractivity contribution in [3.8, 4) is 0 Å². The molecule has 1 spiro atoms. The Morgan fingerprint density at radius 2 is 1.91 bits per heavy atom. The molecule has 23 heavy (non-hydrogen) atoms. The number of amides is 1. The van der Waals surface area contributed by atoms with Crippen LogP contribution < -0.4 is 5.32 Å². The molecule has 0 radical (unpaired) electrons. The molecular weight excluding hydrogens is 322 g/mol. The van der Waals surface area contributed by atoms with Gasteiger partial charge in [-0.3, -0.25) is 4.79 Å². The van der Waals surface area contributed by atoms with E-state index < -0.39 is 13.0 Å². The first-order chi connectivity index (χ1) is 10.6. The number of piperidine rings is 1. The van der Waals surface area contributed by atoms with Crippen LogP contribution in [-0.4, -0.2) is 36.9 Å². The zero-order chi connectivity index (χ0) is 15.6. The third-order valence-corrected chi connectivity index (χ3v) is 4.97. The maximum Gasteiger partial charge on any atom is 0.255 e. The molecule has 1 atom stereocenters. The average Bonchev–Trinajstić information content (AvgIpc) is 3.20. The van der Waals surface area contributed by atoms with Gasteiger partial charge in [-0.25, -0.2) is 8.78 Å². The number of hydrogen-bond donors (Lipinski definition) is 1. The van der Waals surface area contributed by atoms with E-state index in [1.807, 2.05) is 30.3 Å². The Morgan fingerprint density at radius 3 is 2.52 bits per heavy atom. The molecule has 1 aromatic rings. The maximum atomic E-state index is 12.9. The summed E-state index contributed by atoms with van der Waals surface area (Å²) in [5, 5.41) is 3.30. The number of halogens is 3. The molecule has 2 fully saturated rings. The van der Waals surface area contributed by atoms with Crippen LogP contribution in [0.4, 0.5) is 8.78 Å². The van der Waals surface area contributed by atoms with Gasteiger partial charge in [0, 0.05) is 12.5 Å². The normalized spacial score (nSPS) is 21.8. The highest BCUT2D eigenvalue weighted by Crippen LogP contribution is 2.59. The van der Waals surface area contributed by atoms with Gasteiger partial charge in [0.15, 0.2) is 0 Å². The molecule has 3 rings (SSSR count). The van der Waals surface area contributed by atoms with Gasteiger partial charge in [0.1, 0.15) is 0 Å². The number of hydrogen-bond acceptors (Lipinski definition) is 2. The van der Waals surface area contributed by atoms with Crippen LogP contribution in [0.25, 0.3) is 0 Å². The lowest BCUT2D eigenvalue weighted by Crippen LogP contribution is -2.38. The van der Waals surface area contributed by atoms with Crippen molar-refractivity contribution in [1.82, 2.24) is 10.2 Å². The first kappa shape index (κ1) is 18.1. The smallest absolute Gasteiger partial charge is 0.255 e. The van der Waals surface area contributed by atoms with Crippen molar-refractivity contribution in [2.75, 3.05) is 19.6 Å². The number of carbonyl (C=O) groups is 1. The summed E-state index contributed by atoms with van der Waals surface area (Å²) in [5.41, 5.74) is 0.982. The summed E-state index contributed by atoms with van der Waals surface area (Å²) >= 11 is 0. The predicted octanol–water partition coefficient (Wildman–Crippen LogP) is 3.09. The molecule has 1 N–H and O–H groups in total. The Bertz CT molecular complexity index is 521. The second kappa shape index (κ2) is 7.58. The zero-order valence-electron chi connectivity index (χ0n) is 13.0. The van der Waals surface area contributed by atoms with Crippen LogP contribution in [-0.2, 0) is 11.3 Å². The zero-order valence-corrected chi connectivity index (χ0v) is 13.8. The molecule has 0 bridgehead atoms. The van der Waals surface area contributed by atoms with Gasteiger partial charge in [-0.2, -0.15) is 0 Å². The van der Waals surface area contributed by atoms with Crippen LogP contribution in [0, 0.1) is 11.3 Å². The molecule has 3 nitrogen and oxygen atoms in total. The van der Waals surface area contributed by atoms with E-state index in [0.29, 0.717) is 0 Å². The molecule has 128 valence electrons. The van der Waals surface area contributed by atoms with Gasteiger partial charge in [0.05, 0.1) is 6.54 Å². The van der Waals surface area contributed by atoms with Crippen molar-refractivity contribution in [1.29, 1.82) is 0 Å². The Morgan fingerprint density at radius 1 is 1.26 bits per heavy atom. The minimum atomic E-state index is -2.49. The number of benzene rings is 1. The van der Waals surface area contributed by atoms with Crippen molar-refractivity contribution >= 4 is 18.3 Å². The van der Waals surface area contributed by atoms with E-state index in [0.717, 1.165) is 37.9 Å². The summed E-state index contributed by atoms with van der Waals surface area (Å²) in [4.78, 5) is 14.0. The van der Waals surface area contributed by atoms with Crippen molar-refractivity contribution in [3.05, 3.63) is 35.9 Å². The largest absolute Gasteiger partial charge is 0.332 e. The lowest BCUT2D eigenvalue weighted by molar-refractivity contribution is -0.136. The van der Waals surface area contributed by atoms with Gasteiger partial charge in [0.2, 0.25) is 5.91 Å². The molecule has 1 aromatic carbocycles. The van der Waals surface area contributed by atoms with E-state index in [1.165, 1.54) is 4.90 Å². The summed E-state index contributed by atoms with van der Waals surface area (Å²) in [7, 11) is 0. The van der Waals surface area contributed by atoms with Crippen LogP contribution in [0.5, 0.6) is 0 Å². The first-order valence-corrected chi connectivity index (χ1v) is 7.92. The van der Waals surface area contributed by atoms with Gasteiger partial charge >= 0.3 is 0 Å². The van der Waals surface area contributed by atoms with Crippen LogP contribution >= 0.6 is 12.4 Å². The number of nitrogens with one attached hydrogen (secondary N) is 1. The van der Waals surface area contributed by atoms with Gasteiger partial charge in [0.25, 0.3) is 6.43 Å². The van der Waals surface area contributed by atoms with Gasteiger partial charge in [-0.05, 0) is 43.3 Å². The van der Waals surface area contributed by atoms with Gasteiger partial charge < -0.3 is 10.2 Å². The van der Waals surface area contributed by atoms with Gasteiger partial charge in [-0.15, -0.1) is 12.4 Å². The number of carbonyl (C=O) groups excluding carboxylic acids is 1. The third kappa shape index (κ3) is 4.21. The monoisotopic (exact) mass is 344 g/mol. The Kier molecular flexibility index (Phi) is 5.98. The molecule has 1 aliphatic heterocycles. The van der Waals surface area contributed by atoms with Crippen molar-refractivity contribution in [2.45, 2.75) is 32.2 Å². The average molecular weight is 345 g/mol. The molecule has 1 saturated carbocycles. The highest BCUT2D eigenvalue weighted by atomic mass is 35.5. The summed E-state index contributed by atoms with van der Waals surface area (Å²) in [6, 6.07) is 9.36. The quantitative estimate of drug-likeness (QED) is 0.890. The second-order valence-electron chi connectivity index (χ2n) is 6.46. The summed E-state index contributed by atoms with van der Waals surface area (Å²) in [6.45, 7) is 1.65. The number of nitrogens with zero attached hydrogens (tertiary/aromatic N) is 1. The van der Waals surface area contributed by atoms with E-state index >= 15 is 0 Å². The van der Waals surface area contributed by atoms with Crippen LogP contribution in [0.3, 0.4) is 0 Å². The summed E-state index contributed by atoms with van der Waals surface area (Å²) in [6.07, 6.45) is 0.340. The second-order valence-corrected chi connectivity index (χ2v) is 6.46. The predicted molar refractivity (Wildman–Crippen MR) is 87.8 cm³/mol. The highest BCUT2D eigenvalue weighted by Gasteiger charge is 2.58. The molecule has 1 heterocycles. The topological polar surface area (TPSA) is 32.3 Å². The Balaban J connectivity index is 0.00000192. The molecule has 1 unspecified atom stereocenters. The molecule has 2 aliphatic rings. The van der Waals surface area contributed by atoms with Crippen LogP contribution in [0.15, 0.2) is 30.3 Å².